The van der Waals surface area contributed by atoms with Crippen molar-refractivity contribution in [3.05, 3.63) is 47.9 Å². The molecule has 0 aliphatic carbocycles. The van der Waals surface area contributed by atoms with Crippen molar-refractivity contribution < 1.29 is 4.79 Å². The van der Waals surface area contributed by atoms with E-state index in [1.165, 1.54) is 11.9 Å². The van der Waals surface area contributed by atoms with Crippen LogP contribution in [-0.4, -0.2) is 40.4 Å². The Labute approximate surface area is 137 Å². The number of anilines is 2. The Morgan fingerprint density at radius 2 is 2.00 bits per heavy atom. The summed E-state index contributed by atoms with van der Waals surface area (Å²) in [7, 11) is 0. The maximum Gasteiger partial charge on any atom is 0.272 e. The fourth-order valence-electron chi connectivity index (χ4n) is 2.97. The first-order valence-electron chi connectivity index (χ1n) is 8.14. The quantitative estimate of drug-likeness (QED) is 0.870. The van der Waals surface area contributed by atoms with Gasteiger partial charge >= 0.3 is 0 Å². The average Bonchev–Trinajstić information content (AvgIpc) is 3.10. The van der Waals surface area contributed by atoms with Gasteiger partial charge < -0.3 is 9.80 Å². The fraction of sp³-hybridized carbons (Fsp3) is 0.389. The van der Waals surface area contributed by atoms with Gasteiger partial charge in [-0.1, -0.05) is 12.1 Å². The number of likely N-dealkylation sites (tertiary alicyclic amines) is 1. The Kier molecular flexibility index (Phi) is 4.55. The molecule has 0 spiro atoms. The highest BCUT2D eigenvalue weighted by Crippen LogP contribution is 2.24. The molecule has 1 aliphatic rings. The summed E-state index contributed by atoms with van der Waals surface area (Å²) in [5.41, 5.74) is 2.75. The van der Waals surface area contributed by atoms with E-state index in [4.69, 9.17) is 0 Å². The molecule has 0 bridgehead atoms. The van der Waals surface area contributed by atoms with Gasteiger partial charge in [-0.2, -0.15) is 0 Å². The minimum Gasteiger partial charge on any atom is -0.337 e. The third-order valence-electron chi connectivity index (χ3n) is 4.17. The lowest BCUT2D eigenvalue weighted by molar-refractivity contribution is 0.0787. The van der Waals surface area contributed by atoms with Crippen molar-refractivity contribution in [1.82, 2.24) is 14.9 Å². The van der Waals surface area contributed by atoms with Crippen molar-refractivity contribution in [2.75, 3.05) is 24.5 Å². The van der Waals surface area contributed by atoms with E-state index in [1.54, 1.807) is 6.07 Å². The maximum absolute atomic E-state index is 12.5. The van der Waals surface area contributed by atoms with E-state index in [0.29, 0.717) is 5.69 Å². The number of rotatable bonds is 4. The molecule has 1 aliphatic heterocycles. The number of nitrogens with zero attached hydrogens (tertiary/aromatic N) is 4. The van der Waals surface area contributed by atoms with Crippen molar-refractivity contribution in [3.8, 4) is 0 Å². The summed E-state index contributed by atoms with van der Waals surface area (Å²) < 4.78 is 0. The van der Waals surface area contributed by atoms with Gasteiger partial charge in [-0.25, -0.2) is 9.97 Å². The predicted molar refractivity (Wildman–Crippen MR) is 91.0 cm³/mol. The molecule has 3 rings (SSSR count). The molecule has 1 aromatic carbocycles. The molecule has 120 valence electrons. The molecule has 1 aromatic heterocycles. The molecule has 2 aromatic rings. The summed E-state index contributed by atoms with van der Waals surface area (Å²) in [6, 6.07) is 10.1. The van der Waals surface area contributed by atoms with Gasteiger partial charge in [0.05, 0.1) is 0 Å². The molecule has 5 nitrogen and oxygen atoms in total. The topological polar surface area (TPSA) is 49.3 Å². The number of carbonyl (C=O) groups is 1. The standard InChI is InChI=1S/C18H22N4O/c1-3-22(15-8-6-7-14(2)11-15)17-12-16(19-13-20-17)18(23)21-9-4-5-10-21/h6-8,11-13H,3-5,9-10H2,1-2H3. The van der Waals surface area contributed by atoms with Gasteiger partial charge in [-0.15, -0.1) is 0 Å². The number of carbonyl (C=O) groups excluding carboxylic acids is 1. The molecule has 0 N–H and O–H groups in total. The van der Waals surface area contributed by atoms with Crippen LogP contribution in [-0.2, 0) is 0 Å². The lowest BCUT2D eigenvalue weighted by atomic mass is 10.2. The zero-order valence-electron chi connectivity index (χ0n) is 13.7. The first-order chi connectivity index (χ1) is 11.2. The van der Waals surface area contributed by atoms with Crippen molar-refractivity contribution in [2.45, 2.75) is 26.7 Å². The molecule has 0 radical (unpaired) electrons. The van der Waals surface area contributed by atoms with Crippen LogP contribution in [0.25, 0.3) is 0 Å². The summed E-state index contributed by atoms with van der Waals surface area (Å²) in [5, 5.41) is 0. The zero-order valence-corrected chi connectivity index (χ0v) is 13.7. The Morgan fingerprint density at radius 1 is 1.22 bits per heavy atom. The van der Waals surface area contributed by atoms with Gasteiger partial charge in [-0.05, 0) is 44.4 Å². The molecule has 1 saturated heterocycles. The van der Waals surface area contributed by atoms with Crippen LogP contribution in [0.5, 0.6) is 0 Å². The van der Waals surface area contributed by atoms with Crippen molar-refractivity contribution in [3.63, 3.8) is 0 Å². The number of aryl methyl sites for hydroxylation is 1. The third-order valence-corrected chi connectivity index (χ3v) is 4.17. The number of benzene rings is 1. The zero-order chi connectivity index (χ0) is 16.2. The van der Waals surface area contributed by atoms with Gasteiger partial charge in [0.15, 0.2) is 0 Å². The second-order valence-electron chi connectivity index (χ2n) is 5.84. The highest BCUT2D eigenvalue weighted by Gasteiger charge is 2.21. The van der Waals surface area contributed by atoms with Crippen molar-refractivity contribution in [2.24, 2.45) is 0 Å². The lowest BCUT2D eigenvalue weighted by Crippen LogP contribution is -2.29. The second kappa shape index (κ2) is 6.77. The molecule has 0 unspecified atom stereocenters. The Balaban J connectivity index is 1.89. The summed E-state index contributed by atoms with van der Waals surface area (Å²) in [6.45, 7) is 6.57. The monoisotopic (exact) mass is 310 g/mol. The molecular formula is C18H22N4O. The van der Waals surface area contributed by atoms with E-state index in [-0.39, 0.29) is 5.91 Å². The van der Waals surface area contributed by atoms with Crippen LogP contribution in [0.15, 0.2) is 36.7 Å². The number of hydrogen-bond acceptors (Lipinski definition) is 4. The van der Waals surface area contributed by atoms with E-state index in [9.17, 15) is 4.79 Å². The van der Waals surface area contributed by atoms with E-state index in [2.05, 4.69) is 46.9 Å². The minimum atomic E-state index is 0.00597. The van der Waals surface area contributed by atoms with Crippen LogP contribution in [0.3, 0.4) is 0 Å². The molecule has 2 heterocycles. The summed E-state index contributed by atoms with van der Waals surface area (Å²) in [4.78, 5) is 25.0. The summed E-state index contributed by atoms with van der Waals surface area (Å²) in [5.74, 6) is 0.766. The normalized spacial score (nSPS) is 14.1. The van der Waals surface area contributed by atoms with Crippen LogP contribution in [0.1, 0.15) is 35.8 Å². The van der Waals surface area contributed by atoms with E-state index in [0.717, 1.165) is 44.0 Å². The number of amides is 1. The molecule has 1 amide bonds. The molecule has 0 saturated carbocycles. The number of aromatic nitrogens is 2. The van der Waals surface area contributed by atoms with Gasteiger partial charge in [0.1, 0.15) is 17.8 Å². The van der Waals surface area contributed by atoms with Crippen LogP contribution >= 0.6 is 0 Å². The Morgan fingerprint density at radius 3 is 2.70 bits per heavy atom. The van der Waals surface area contributed by atoms with Gasteiger partial charge in [0.2, 0.25) is 0 Å². The largest absolute Gasteiger partial charge is 0.337 e. The van der Waals surface area contributed by atoms with E-state index < -0.39 is 0 Å². The lowest BCUT2D eigenvalue weighted by Gasteiger charge is -2.23. The first kappa shape index (κ1) is 15.5. The molecular weight excluding hydrogens is 288 g/mol. The SMILES string of the molecule is CCN(c1cccc(C)c1)c1cc(C(=O)N2CCCC2)ncn1. The maximum atomic E-state index is 12.5. The molecule has 23 heavy (non-hydrogen) atoms. The second-order valence-corrected chi connectivity index (χ2v) is 5.84. The first-order valence-corrected chi connectivity index (χ1v) is 8.14. The fourth-order valence-corrected chi connectivity index (χ4v) is 2.97. The van der Waals surface area contributed by atoms with Crippen LogP contribution in [0, 0.1) is 6.92 Å². The molecule has 5 heteroatoms. The van der Waals surface area contributed by atoms with Gasteiger partial charge in [0.25, 0.3) is 5.91 Å². The van der Waals surface area contributed by atoms with Crippen molar-refractivity contribution >= 4 is 17.4 Å². The summed E-state index contributed by atoms with van der Waals surface area (Å²) >= 11 is 0. The Bertz CT molecular complexity index is 695. The summed E-state index contributed by atoms with van der Waals surface area (Å²) in [6.07, 6.45) is 3.64. The van der Waals surface area contributed by atoms with Crippen LogP contribution in [0.2, 0.25) is 0 Å². The average molecular weight is 310 g/mol. The highest BCUT2D eigenvalue weighted by molar-refractivity contribution is 5.93. The predicted octanol–water partition coefficient (Wildman–Crippen LogP) is 3.18. The van der Waals surface area contributed by atoms with Gasteiger partial charge in [-0.3, -0.25) is 4.79 Å². The van der Waals surface area contributed by atoms with Crippen LogP contribution < -0.4 is 4.90 Å². The van der Waals surface area contributed by atoms with E-state index in [1.807, 2.05) is 11.0 Å². The minimum absolute atomic E-state index is 0.00597. The smallest absolute Gasteiger partial charge is 0.272 e. The van der Waals surface area contributed by atoms with Gasteiger partial charge in [0, 0.05) is 31.4 Å². The van der Waals surface area contributed by atoms with Crippen LogP contribution in [0.4, 0.5) is 11.5 Å². The number of hydrogen-bond donors (Lipinski definition) is 0. The third kappa shape index (κ3) is 3.33. The highest BCUT2D eigenvalue weighted by atomic mass is 16.2. The molecule has 1 fully saturated rings. The molecule has 0 atom stereocenters. The van der Waals surface area contributed by atoms with Crippen molar-refractivity contribution in [1.29, 1.82) is 0 Å². The van der Waals surface area contributed by atoms with E-state index >= 15 is 0 Å². The Hall–Kier alpha value is -2.43.